The van der Waals surface area contributed by atoms with E-state index in [2.05, 4.69) is 92.2 Å². The van der Waals surface area contributed by atoms with Crippen molar-refractivity contribution in [3.8, 4) is 11.1 Å². The molecule has 1 aromatic heterocycles. The quantitative estimate of drug-likeness (QED) is 0.404. The van der Waals surface area contributed by atoms with E-state index >= 15 is 0 Å². The maximum atomic E-state index is 5.08. The number of rotatable bonds is 6. The molecule has 3 aromatic carbocycles. The normalized spacial score (nSPS) is 11.2. The van der Waals surface area contributed by atoms with Crippen LogP contribution in [-0.4, -0.2) is 9.55 Å². The molecule has 148 valence electrons. The van der Waals surface area contributed by atoms with Crippen molar-refractivity contribution in [2.45, 2.75) is 47.2 Å². The monoisotopic (exact) mass is 383 g/mol. The molecule has 0 bridgehead atoms. The zero-order valence-corrected chi connectivity index (χ0v) is 17.8. The Kier molecular flexibility index (Phi) is 5.39. The third-order valence-corrected chi connectivity index (χ3v) is 5.47. The Morgan fingerprint density at radius 2 is 1.62 bits per heavy atom. The van der Waals surface area contributed by atoms with Gasteiger partial charge in [-0.2, -0.15) is 0 Å². The average Bonchev–Trinajstić information content (AvgIpc) is 3.05. The molecule has 0 aliphatic carbocycles. The molecule has 1 heterocycles. The number of nitrogens with zero attached hydrogens (tertiary/aromatic N) is 2. The fourth-order valence-corrected chi connectivity index (χ4v) is 4.32. The number of aromatic nitrogens is 2. The van der Waals surface area contributed by atoms with Crippen LogP contribution in [0, 0.1) is 20.8 Å². The van der Waals surface area contributed by atoms with Gasteiger partial charge in [-0.25, -0.2) is 4.98 Å². The Morgan fingerprint density at radius 1 is 0.897 bits per heavy atom. The molecule has 0 spiro atoms. The number of benzene rings is 3. The minimum absolute atomic E-state index is 0.770. The average molecular weight is 384 g/mol. The van der Waals surface area contributed by atoms with Gasteiger partial charge in [0.25, 0.3) is 0 Å². The van der Waals surface area contributed by atoms with E-state index in [1.165, 1.54) is 38.9 Å². The minimum atomic E-state index is 0.770. The second-order valence-electron chi connectivity index (χ2n) is 7.87. The summed E-state index contributed by atoms with van der Waals surface area (Å²) in [6.45, 7) is 10.5. The number of aryl methyl sites for hydroxylation is 4. The molecular formula is C26H29N3. The van der Waals surface area contributed by atoms with Crippen LogP contribution < -0.4 is 5.32 Å². The van der Waals surface area contributed by atoms with Crippen LogP contribution in [0.2, 0.25) is 0 Å². The highest BCUT2D eigenvalue weighted by Gasteiger charge is 2.16. The predicted octanol–water partition coefficient (Wildman–Crippen LogP) is 6.65. The first-order valence-electron chi connectivity index (χ1n) is 10.4. The molecule has 4 rings (SSSR count). The SMILES string of the molecule is CCCn1c(NCc2ccccc2)nc2c(-c3c(C)cc(C)cc3C)cccc21. The zero-order valence-electron chi connectivity index (χ0n) is 17.8. The van der Waals surface area contributed by atoms with E-state index in [0.29, 0.717) is 0 Å². The third-order valence-electron chi connectivity index (χ3n) is 5.47. The molecule has 0 saturated carbocycles. The van der Waals surface area contributed by atoms with E-state index in [-0.39, 0.29) is 0 Å². The Bertz CT molecular complexity index is 1120. The molecule has 0 aliphatic rings. The summed E-state index contributed by atoms with van der Waals surface area (Å²) in [6, 6.07) is 21.6. The second-order valence-corrected chi connectivity index (χ2v) is 7.87. The van der Waals surface area contributed by atoms with E-state index in [0.717, 1.165) is 31.0 Å². The molecule has 0 atom stereocenters. The summed E-state index contributed by atoms with van der Waals surface area (Å²) in [4.78, 5) is 5.08. The summed E-state index contributed by atoms with van der Waals surface area (Å²) >= 11 is 0. The lowest BCUT2D eigenvalue weighted by atomic mass is 9.93. The lowest BCUT2D eigenvalue weighted by Crippen LogP contribution is -2.07. The van der Waals surface area contributed by atoms with Crippen LogP contribution in [0.4, 0.5) is 5.95 Å². The molecule has 3 nitrogen and oxygen atoms in total. The summed E-state index contributed by atoms with van der Waals surface area (Å²) < 4.78 is 2.32. The van der Waals surface area contributed by atoms with Gasteiger partial charge in [0, 0.05) is 18.7 Å². The fraction of sp³-hybridized carbons (Fsp3) is 0.269. The Balaban J connectivity index is 1.82. The van der Waals surface area contributed by atoms with E-state index in [1.807, 2.05) is 6.07 Å². The van der Waals surface area contributed by atoms with Crippen LogP contribution in [0.3, 0.4) is 0 Å². The van der Waals surface area contributed by atoms with Crippen molar-refractivity contribution in [1.82, 2.24) is 9.55 Å². The van der Waals surface area contributed by atoms with E-state index in [1.54, 1.807) is 0 Å². The number of nitrogens with one attached hydrogen (secondary N) is 1. The molecule has 0 aliphatic heterocycles. The van der Waals surface area contributed by atoms with Gasteiger partial charge in [0.05, 0.1) is 11.0 Å². The van der Waals surface area contributed by atoms with Gasteiger partial charge in [0.15, 0.2) is 0 Å². The van der Waals surface area contributed by atoms with E-state index < -0.39 is 0 Å². The topological polar surface area (TPSA) is 29.9 Å². The van der Waals surface area contributed by atoms with Gasteiger partial charge < -0.3 is 9.88 Å². The summed E-state index contributed by atoms with van der Waals surface area (Å²) in [7, 11) is 0. The Labute approximate surface area is 173 Å². The smallest absolute Gasteiger partial charge is 0.204 e. The molecule has 1 N–H and O–H groups in total. The lowest BCUT2D eigenvalue weighted by molar-refractivity contribution is 0.700. The van der Waals surface area contributed by atoms with Gasteiger partial charge in [0.2, 0.25) is 5.95 Å². The molecule has 0 saturated heterocycles. The largest absolute Gasteiger partial charge is 0.352 e. The molecule has 0 unspecified atom stereocenters. The molecule has 4 aromatic rings. The van der Waals surface area contributed by atoms with Crippen molar-refractivity contribution < 1.29 is 0 Å². The first-order chi connectivity index (χ1) is 14.1. The molecule has 0 amide bonds. The van der Waals surface area contributed by atoms with E-state index in [9.17, 15) is 0 Å². The first-order valence-corrected chi connectivity index (χ1v) is 10.4. The number of para-hydroxylation sites is 1. The summed E-state index contributed by atoms with van der Waals surface area (Å²) in [5, 5.41) is 3.57. The van der Waals surface area contributed by atoms with Gasteiger partial charge in [-0.05, 0) is 55.5 Å². The highest BCUT2D eigenvalue weighted by atomic mass is 15.2. The van der Waals surface area contributed by atoms with Crippen LogP contribution >= 0.6 is 0 Å². The highest BCUT2D eigenvalue weighted by Crippen LogP contribution is 2.35. The summed E-state index contributed by atoms with van der Waals surface area (Å²) in [5.74, 6) is 0.945. The molecule has 0 radical (unpaired) electrons. The fourth-order valence-electron chi connectivity index (χ4n) is 4.32. The van der Waals surface area contributed by atoms with Crippen molar-refractivity contribution >= 4 is 17.0 Å². The lowest BCUT2D eigenvalue weighted by Gasteiger charge is -2.12. The molecule has 3 heteroatoms. The predicted molar refractivity (Wildman–Crippen MR) is 123 cm³/mol. The summed E-state index contributed by atoms with van der Waals surface area (Å²) in [5.41, 5.74) is 9.96. The summed E-state index contributed by atoms with van der Waals surface area (Å²) in [6.07, 6.45) is 1.07. The molecule has 0 fully saturated rings. The second kappa shape index (κ2) is 8.12. The number of fused-ring (bicyclic) bond motifs is 1. The number of imidazole rings is 1. The van der Waals surface area contributed by atoms with E-state index in [4.69, 9.17) is 4.98 Å². The van der Waals surface area contributed by atoms with Crippen molar-refractivity contribution in [3.63, 3.8) is 0 Å². The Morgan fingerprint density at radius 3 is 2.31 bits per heavy atom. The molecule has 29 heavy (non-hydrogen) atoms. The van der Waals surface area contributed by atoms with Crippen LogP contribution in [0.15, 0.2) is 60.7 Å². The maximum Gasteiger partial charge on any atom is 0.204 e. The minimum Gasteiger partial charge on any atom is -0.352 e. The van der Waals surface area contributed by atoms with Crippen molar-refractivity contribution in [1.29, 1.82) is 0 Å². The first kappa shape index (κ1) is 19.3. The standard InChI is InChI=1S/C26H29N3/c1-5-14-29-23-13-9-12-22(24-19(3)15-18(2)16-20(24)4)25(23)28-26(29)27-17-21-10-7-6-8-11-21/h6-13,15-16H,5,14,17H2,1-4H3,(H,27,28). The van der Waals surface area contributed by atoms with Crippen LogP contribution in [0.5, 0.6) is 0 Å². The number of hydrogen-bond acceptors (Lipinski definition) is 2. The van der Waals surface area contributed by atoms with Crippen molar-refractivity contribution in [2.24, 2.45) is 0 Å². The van der Waals surface area contributed by atoms with Gasteiger partial charge in [-0.3, -0.25) is 0 Å². The van der Waals surface area contributed by atoms with Gasteiger partial charge in [0.1, 0.15) is 0 Å². The third kappa shape index (κ3) is 3.77. The van der Waals surface area contributed by atoms with Gasteiger partial charge in [-0.1, -0.05) is 67.1 Å². The van der Waals surface area contributed by atoms with Crippen LogP contribution in [0.25, 0.3) is 22.2 Å². The molecular weight excluding hydrogens is 354 g/mol. The van der Waals surface area contributed by atoms with Crippen molar-refractivity contribution in [2.75, 3.05) is 5.32 Å². The highest BCUT2D eigenvalue weighted by molar-refractivity contribution is 5.95. The van der Waals surface area contributed by atoms with Crippen LogP contribution in [-0.2, 0) is 13.1 Å². The number of anilines is 1. The van der Waals surface area contributed by atoms with Crippen LogP contribution in [0.1, 0.15) is 35.6 Å². The number of hydrogen-bond donors (Lipinski definition) is 1. The maximum absolute atomic E-state index is 5.08. The zero-order chi connectivity index (χ0) is 20.4. The Hall–Kier alpha value is -3.07. The van der Waals surface area contributed by atoms with Crippen molar-refractivity contribution in [3.05, 3.63) is 82.9 Å². The van der Waals surface area contributed by atoms with Gasteiger partial charge >= 0.3 is 0 Å². The van der Waals surface area contributed by atoms with Gasteiger partial charge in [-0.15, -0.1) is 0 Å².